The van der Waals surface area contributed by atoms with Gasteiger partial charge in [-0.3, -0.25) is 0 Å². The van der Waals surface area contributed by atoms with Crippen molar-refractivity contribution in [3.05, 3.63) is 66.1 Å². The molecular weight excluding hydrogens is 354 g/mol. The molecule has 0 spiro atoms. The van der Waals surface area contributed by atoms with E-state index in [1.807, 2.05) is 69.3 Å². The first-order valence-electron chi connectivity index (χ1n) is 9.32. The summed E-state index contributed by atoms with van der Waals surface area (Å²) in [7, 11) is 0. The molecule has 28 heavy (non-hydrogen) atoms. The van der Waals surface area contributed by atoms with Gasteiger partial charge in [-0.1, -0.05) is 17.7 Å². The topological polar surface area (TPSA) is 76.4 Å². The molecule has 0 unspecified atom stereocenters. The number of benzene rings is 2. The van der Waals surface area contributed by atoms with Gasteiger partial charge in [0.15, 0.2) is 0 Å². The van der Waals surface area contributed by atoms with E-state index in [1.54, 1.807) is 6.26 Å². The SMILES string of the molecule is Cc1ccc(-c2nc(CCNC(=O)Nc3ccc(OC(C)C)cc3)co2)cc1. The highest BCUT2D eigenvalue weighted by atomic mass is 16.5. The Morgan fingerprint density at radius 1 is 1.11 bits per heavy atom. The van der Waals surface area contributed by atoms with Gasteiger partial charge in [-0.25, -0.2) is 9.78 Å². The van der Waals surface area contributed by atoms with Crippen molar-refractivity contribution in [1.82, 2.24) is 10.3 Å². The fourth-order valence-electron chi connectivity index (χ4n) is 2.62. The molecule has 6 heteroatoms. The molecule has 2 amide bonds. The molecule has 2 aromatic carbocycles. The van der Waals surface area contributed by atoms with E-state index < -0.39 is 0 Å². The van der Waals surface area contributed by atoms with Crippen LogP contribution in [0.5, 0.6) is 5.75 Å². The third kappa shape index (κ3) is 5.61. The summed E-state index contributed by atoms with van der Waals surface area (Å²) in [6.07, 6.45) is 2.33. The summed E-state index contributed by atoms with van der Waals surface area (Å²) < 4.78 is 11.1. The molecule has 6 nitrogen and oxygen atoms in total. The molecule has 0 aliphatic heterocycles. The third-order valence-electron chi connectivity index (χ3n) is 4.00. The minimum Gasteiger partial charge on any atom is -0.491 e. The monoisotopic (exact) mass is 379 g/mol. The average Bonchev–Trinajstić information content (AvgIpc) is 3.12. The highest BCUT2D eigenvalue weighted by molar-refractivity contribution is 5.89. The van der Waals surface area contributed by atoms with Crippen molar-refractivity contribution < 1.29 is 13.9 Å². The normalized spacial score (nSPS) is 10.7. The van der Waals surface area contributed by atoms with Crippen molar-refractivity contribution >= 4 is 11.7 Å². The Balaban J connectivity index is 1.45. The second kappa shape index (κ2) is 9.08. The van der Waals surface area contributed by atoms with E-state index in [0.717, 1.165) is 17.0 Å². The first kappa shape index (κ1) is 19.5. The predicted octanol–water partition coefficient (Wildman–Crippen LogP) is 4.80. The van der Waals surface area contributed by atoms with Gasteiger partial charge in [0.2, 0.25) is 5.89 Å². The number of nitrogens with one attached hydrogen (secondary N) is 2. The maximum atomic E-state index is 12.0. The Morgan fingerprint density at radius 2 is 1.82 bits per heavy atom. The molecule has 0 bridgehead atoms. The van der Waals surface area contributed by atoms with Crippen molar-refractivity contribution in [2.24, 2.45) is 0 Å². The van der Waals surface area contributed by atoms with E-state index in [9.17, 15) is 4.79 Å². The lowest BCUT2D eigenvalue weighted by atomic mass is 10.1. The number of aromatic nitrogens is 1. The van der Waals surface area contributed by atoms with Gasteiger partial charge in [-0.05, 0) is 57.2 Å². The smallest absolute Gasteiger partial charge is 0.319 e. The summed E-state index contributed by atoms with van der Waals surface area (Å²) in [6.45, 7) is 6.44. The van der Waals surface area contributed by atoms with Crippen LogP contribution in [0.15, 0.2) is 59.2 Å². The van der Waals surface area contributed by atoms with E-state index in [-0.39, 0.29) is 12.1 Å². The number of ether oxygens (including phenoxy) is 1. The number of urea groups is 1. The number of rotatable bonds is 7. The lowest BCUT2D eigenvalue weighted by molar-refractivity contribution is 0.242. The molecule has 0 saturated carbocycles. The summed E-state index contributed by atoms with van der Waals surface area (Å²) in [4.78, 5) is 16.5. The fraction of sp³-hybridized carbons (Fsp3) is 0.273. The van der Waals surface area contributed by atoms with E-state index in [0.29, 0.717) is 24.5 Å². The Kier molecular flexibility index (Phi) is 6.32. The van der Waals surface area contributed by atoms with Gasteiger partial charge in [-0.15, -0.1) is 0 Å². The summed E-state index contributed by atoms with van der Waals surface area (Å²) >= 11 is 0. The second-order valence-corrected chi connectivity index (χ2v) is 6.83. The van der Waals surface area contributed by atoms with Crippen LogP contribution in [0, 0.1) is 6.92 Å². The average molecular weight is 379 g/mol. The summed E-state index contributed by atoms with van der Waals surface area (Å²) in [5.41, 5.74) is 3.63. The second-order valence-electron chi connectivity index (χ2n) is 6.83. The highest BCUT2D eigenvalue weighted by Crippen LogP contribution is 2.19. The quantitative estimate of drug-likeness (QED) is 0.618. The number of carbonyl (C=O) groups is 1. The van der Waals surface area contributed by atoms with Crippen molar-refractivity contribution in [3.63, 3.8) is 0 Å². The van der Waals surface area contributed by atoms with E-state index in [4.69, 9.17) is 9.15 Å². The molecular formula is C22H25N3O3. The molecule has 0 fully saturated rings. The molecule has 1 heterocycles. The number of hydrogen-bond acceptors (Lipinski definition) is 4. The summed E-state index contributed by atoms with van der Waals surface area (Å²) in [5.74, 6) is 1.36. The largest absolute Gasteiger partial charge is 0.491 e. The van der Waals surface area contributed by atoms with E-state index >= 15 is 0 Å². The number of carbonyl (C=O) groups excluding carboxylic acids is 1. The number of nitrogens with zero attached hydrogens (tertiary/aromatic N) is 1. The van der Waals surface area contributed by atoms with Crippen LogP contribution in [-0.4, -0.2) is 23.7 Å². The Bertz CT molecular complexity index is 900. The first-order valence-corrected chi connectivity index (χ1v) is 9.32. The van der Waals surface area contributed by atoms with Gasteiger partial charge in [0.05, 0.1) is 11.8 Å². The first-order chi connectivity index (χ1) is 13.5. The number of hydrogen-bond donors (Lipinski definition) is 2. The molecule has 0 aliphatic rings. The number of aryl methyl sites for hydroxylation is 1. The van der Waals surface area contributed by atoms with Crippen molar-refractivity contribution in [2.45, 2.75) is 33.3 Å². The highest BCUT2D eigenvalue weighted by Gasteiger charge is 2.08. The molecule has 2 N–H and O–H groups in total. The molecule has 0 radical (unpaired) electrons. The zero-order valence-electron chi connectivity index (χ0n) is 16.4. The molecule has 0 atom stereocenters. The van der Waals surface area contributed by atoms with Gasteiger partial charge in [0.25, 0.3) is 0 Å². The minimum absolute atomic E-state index is 0.116. The molecule has 1 aromatic heterocycles. The number of anilines is 1. The van der Waals surface area contributed by atoms with Crippen LogP contribution in [-0.2, 0) is 6.42 Å². The number of oxazole rings is 1. The predicted molar refractivity (Wildman–Crippen MR) is 110 cm³/mol. The van der Waals surface area contributed by atoms with E-state index in [1.165, 1.54) is 5.56 Å². The molecule has 0 saturated heterocycles. The summed E-state index contributed by atoms with van der Waals surface area (Å²) in [5, 5.41) is 5.62. The van der Waals surface area contributed by atoms with Gasteiger partial charge in [-0.2, -0.15) is 0 Å². The van der Waals surface area contributed by atoms with E-state index in [2.05, 4.69) is 15.6 Å². The lowest BCUT2D eigenvalue weighted by Gasteiger charge is -2.11. The van der Waals surface area contributed by atoms with Gasteiger partial charge in [0.1, 0.15) is 12.0 Å². The third-order valence-corrected chi connectivity index (χ3v) is 4.00. The van der Waals surface area contributed by atoms with Gasteiger partial charge in [0, 0.05) is 24.2 Å². The maximum absolute atomic E-state index is 12.0. The zero-order valence-corrected chi connectivity index (χ0v) is 16.4. The zero-order chi connectivity index (χ0) is 19.9. The molecule has 3 rings (SSSR count). The van der Waals surface area contributed by atoms with Crippen molar-refractivity contribution in [2.75, 3.05) is 11.9 Å². The van der Waals surface area contributed by atoms with Crippen molar-refractivity contribution in [1.29, 1.82) is 0 Å². The van der Waals surface area contributed by atoms with Gasteiger partial charge >= 0.3 is 6.03 Å². The fourth-order valence-corrected chi connectivity index (χ4v) is 2.62. The maximum Gasteiger partial charge on any atom is 0.319 e. The van der Waals surface area contributed by atoms with Crippen molar-refractivity contribution in [3.8, 4) is 17.2 Å². The molecule has 0 aliphatic carbocycles. The van der Waals surface area contributed by atoms with Gasteiger partial charge < -0.3 is 19.8 Å². The van der Waals surface area contributed by atoms with Crippen LogP contribution in [0.2, 0.25) is 0 Å². The lowest BCUT2D eigenvalue weighted by Crippen LogP contribution is -2.30. The van der Waals surface area contributed by atoms with Crippen LogP contribution >= 0.6 is 0 Å². The van der Waals surface area contributed by atoms with Crippen LogP contribution in [0.1, 0.15) is 25.1 Å². The molecule has 3 aromatic rings. The van der Waals surface area contributed by atoms with Crippen LogP contribution in [0.4, 0.5) is 10.5 Å². The summed E-state index contributed by atoms with van der Waals surface area (Å²) in [6, 6.07) is 15.0. The van der Waals surface area contributed by atoms with Crippen LogP contribution in [0.25, 0.3) is 11.5 Å². The Labute approximate surface area is 164 Å². The Hall–Kier alpha value is -3.28. The van der Waals surface area contributed by atoms with Crippen LogP contribution in [0.3, 0.4) is 0 Å². The number of amides is 2. The Morgan fingerprint density at radius 3 is 2.50 bits per heavy atom. The molecule has 146 valence electrons. The van der Waals surface area contributed by atoms with Crippen LogP contribution < -0.4 is 15.4 Å². The standard InChI is InChI=1S/C22H25N3O3/c1-15(2)28-20-10-8-18(9-11-20)25-22(26)23-13-12-19-14-27-21(24-19)17-6-4-16(3)5-7-17/h4-11,14-15H,12-13H2,1-3H3,(H2,23,25,26). The minimum atomic E-state index is -0.264.